The number of rotatable bonds is 6. The molecule has 1 aromatic rings. The minimum absolute atomic E-state index is 0.00727. The third-order valence-corrected chi connectivity index (χ3v) is 5.61. The van der Waals surface area contributed by atoms with Gasteiger partial charge in [0.05, 0.1) is 17.0 Å². The second-order valence-corrected chi connectivity index (χ2v) is 8.32. The molecule has 0 aliphatic carbocycles. The van der Waals surface area contributed by atoms with Crippen LogP contribution in [-0.4, -0.2) is 57.9 Å². The molecule has 2 N–H and O–H groups in total. The van der Waals surface area contributed by atoms with Crippen molar-refractivity contribution in [2.24, 2.45) is 0 Å². The lowest BCUT2D eigenvalue weighted by molar-refractivity contribution is -0.137. The summed E-state index contributed by atoms with van der Waals surface area (Å²) < 4.78 is 61.5. The minimum atomic E-state index is -4.55. The number of sulfonamides is 1. The van der Waals surface area contributed by atoms with Gasteiger partial charge < -0.3 is 10.6 Å². The van der Waals surface area contributed by atoms with Gasteiger partial charge >= 0.3 is 6.18 Å². The quantitative estimate of drug-likeness (QED) is 0.578. The second-order valence-electron chi connectivity index (χ2n) is 5.00. The van der Waals surface area contributed by atoms with Crippen molar-refractivity contribution in [3.63, 3.8) is 0 Å². The van der Waals surface area contributed by atoms with Gasteiger partial charge in [-0.2, -0.15) is 13.2 Å². The molecule has 1 rings (SSSR count). The standard InChI is InChI=1S/C13H15F3IN3O4S/c1-20(2)25(23,24)8-3-4-10(17)9(5-8)12(22)18-6-11(21)19-7-13(14,15)16/h3-5H,6-7H2,1-2H3,(H,18,22)(H,19,21). The SMILES string of the molecule is CN(C)S(=O)(=O)c1ccc(I)c(C(=O)NCC(=O)NCC(F)(F)F)c1. The van der Waals surface area contributed by atoms with Crippen LogP contribution in [0.1, 0.15) is 10.4 Å². The summed E-state index contributed by atoms with van der Waals surface area (Å²) in [6, 6.07) is 3.87. The summed E-state index contributed by atoms with van der Waals surface area (Å²) in [6.07, 6.45) is -4.55. The zero-order valence-electron chi connectivity index (χ0n) is 13.1. The second kappa shape index (κ2) is 8.31. The maximum atomic E-state index is 12.1. The zero-order valence-corrected chi connectivity index (χ0v) is 16.1. The number of hydrogen-bond donors (Lipinski definition) is 2. The van der Waals surface area contributed by atoms with E-state index in [0.29, 0.717) is 3.57 Å². The number of hydrogen-bond acceptors (Lipinski definition) is 4. The predicted octanol–water partition coefficient (Wildman–Crippen LogP) is 0.950. The van der Waals surface area contributed by atoms with Crippen LogP contribution in [-0.2, 0) is 14.8 Å². The smallest absolute Gasteiger partial charge is 0.345 e. The van der Waals surface area contributed by atoms with Crippen molar-refractivity contribution in [2.75, 3.05) is 27.2 Å². The average molecular weight is 493 g/mol. The molecule has 0 bridgehead atoms. The lowest BCUT2D eigenvalue weighted by atomic mass is 10.2. The van der Waals surface area contributed by atoms with E-state index in [4.69, 9.17) is 0 Å². The van der Waals surface area contributed by atoms with Crippen LogP contribution in [0.15, 0.2) is 23.1 Å². The summed E-state index contributed by atoms with van der Waals surface area (Å²) in [5.41, 5.74) is -0.00727. The lowest BCUT2D eigenvalue weighted by Crippen LogP contribution is -2.41. The Hall–Kier alpha value is -1.41. The highest BCUT2D eigenvalue weighted by atomic mass is 127. The summed E-state index contributed by atoms with van der Waals surface area (Å²) in [5, 5.41) is 3.76. The van der Waals surface area contributed by atoms with Gasteiger partial charge in [0.2, 0.25) is 15.9 Å². The van der Waals surface area contributed by atoms with E-state index in [1.54, 1.807) is 27.9 Å². The van der Waals surface area contributed by atoms with E-state index in [1.165, 1.54) is 26.2 Å². The van der Waals surface area contributed by atoms with E-state index in [2.05, 4.69) is 5.32 Å². The molecule has 140 valence electrons. The van der Waals surface area contributed by atoms with Crippen molar-refractivity contribution >= 4 is 44.4 Å². The fraction of sp³-hybridized carbons (Fsp3) is 0.385. The molecule has 0 unspecified atom stereocenters. The van der Waals surface area contributed by atoms with Crippen LogP contribution >= 0.6 is 22.6 Å². The first-order chi connectivity index (χ1) is 11.3. The maximum Gasteiger partial charge on any atom is 0.405 e. The normalized spacial score (nSPS) is 12.1. The summed E-state index contributed by atoms with van der Waals surface area (Å²) in [4.78, 5) is 23.3. The van der Waals surface area contributed by atoms with Crippen molar-refractivity contribution in [3.05, 3.63) is 27.3 Å². The number of alkyl halides is 3. The van der Waals surface area contributed by atoms with Gasteiger partial charge in [0.15, 0.2) is 0 Å². The number of carbonyl (C=O) groups excluding carboxylic acids is 2. The lowest BCUT2D eigenvalue weighted by Gasteiger charge is -2.13. The molecule has 1 aromatic carbocycles. The molecular weight excluding hydrogens is 478 g/mol. The van der Waals surface area contributed by atoms with E-state index >= 15 is 0 Å². The first kappa shape index (κ1) is 21.6. The molecule has 0 aliphatic rings. The van der Waals surface area contributed by atoms with Crippen molar-refractivity contribution in [3.8, 4) is 0 Å². The van der Waals surface area contributed by atoms with Crippen LogP contribution in [0.2, 0.25) is 0 Å². The van der Waals surface area contributed by atoms with E-state index in [9.17, 15) is 31.2 Å². The van der Waals surface area contributed by atoms with Gasteiger partial charge in [-0.05, 0) is 40.8 Å². The van der Waals surface area contributed by atoms with Gasteiger partial charge in [-0.15, -0.1) is 0 Å². The van der Waals surface area contributed by atoms with Crippen LogP contribution in [0.5, 0.6) is 0 Å². The Morgan fingerprint density at radius 1 is 1.20 bits per heavy atom. The van der Waals surface area contributed by atoms with Crippen LogP contribution in [0.25, 0.3) is 0 Å². The molecule has 12 heteroatoms. The van der Waals surface area contributed by atoms with E-state index in [1.807, 2.05) is 0 Å². The van der Waals surface area contributed by atoms with Crippen molar-refractivity contribution in [2.45, 2.75) is 11.1 Å². The Labute approximate surface area is 156 Å². The van der Waals surface area contributed by atoms with Crippen LogP contribution in [0.3, 0.4) is 0 Å². The summed E-state index contributed by atoms with van der Waals surface area (Å²) >= 11 is 1.80. The summed E-state index contributed by atoms with van der Waals surface area (Å²) in [6.45, 7) is -2.18. The highest BCUT2D eigenvalue weighted by Crippen LogP contribution is 2.20. The number of nitrogens with one attached hydrogen (secondary N) is 2. The van der Waals surface area contributed by atoms with E-state index in [-0.39, 0.29) is 10.5 Å². The first-order valence-electron chi connectivity index (χ1n) is 6.68. The molecule has 25 heavy (non-hydrogen) atoms. The molecule has 0 aliphatic heterocycles. The van der Waals surface area contributed by atoms with Crippen LogP contribution < -0.4 is 10.6 Å². The molecule has 0 spiro atoms. The Kier molecular flexibility index (Phi) is 7.19. The Morgan fingerprint density at radius 2 is 1.80 bits per heavy atom. The van der Waals surface area contributed by atoms with E-state index < -0.39 is 41.1 Å². The third kappa shape index (κ3) is 6.43. The van der Waals surface area contributed by atoms with Gasteiger partial charge in [-0.25, -0.2) is 12.7 Å². The van der Waals surface area contributed by atoms with Crippen LogP contribution in [0.4, 0.5) is 13.2 Å². The number of benzene rings is 1. The largest absolute Gasteiger partial charge is 0.405 e. The van der Waals surface area contributed by atoms with E-state index in [0.717, 1.165) is 10.4 Å². The molecule has 0 fully saturated rings. The topological polar surface area (TPSA) is 95.6 Å². The number of carbonyl (C=O) groups is 2. The molecule has 0 saturated heterocycles. The Bertz CT molecular complexity index is 766. The molecule has 0 radical (unpaired) electrons. The van der Waals surface area contributed by atoms with Gasteiger partial charge in [-0.1, -0.05) is 0 Å². The first-order valence-corrected chi connectivity index (χ1v) is 9.20. The van der Waals surface area contributed by atoms with Crippen LogP contribution in [0, 0.1) is 3.57 Å². The highest BCUT2D eigenvalue weighted by molar-refractivity contribution is 14.1. The number of nitrogens with zero attached hydrogens (tertiary/aromatic N) is 1. The van der Waals surface area contributed by atoms with Crippen molar-refractivity contribution in [1.82, 2.24) is 14.9 Å². The summed E-state index contributed by atoms with van der Waals surface area (Å²) in [7, 11) is -1.10. The molecule has 0 heterocycles. The van der Waals surface area contributed by atoms with Gasteiger partial charge in [0.1, 0.15) is 6.54 Å². The molecule has 0 aromatic heterocycles. The average Bonchev–Trinajstić information content (AvgIpc) is 2.49. The molecular formula is C13H15F3IN3O4S. The minimum Gasteiger partial charge on any atom is -0.345 e. The third-order valence-electron chi connectivity index (χ3n) is 2.86. The Morgan fingerprint density at radius 3 is 2.32 bits per heavy atom. The van der Waals surface area contributed by atoms with Gasteiger partial charge in [-0.3, -0.25) is 9.59 Å². The molecule has 0 atom stereocenters. The fourth-order valence-electron chi connectivity index (χ4n) is 1.57. The summed E-state index contributed by atoms with van der Waals surface area (Å²) in [5.74, 6) is -1.79. The number of amides is 2. The zero-order chi connectivity index (χ0) is 19.4. The predicted molar refractivity (Wildman–Crippen MR) is 91.4 cm³/mol. The van der Waals surface area contributed by atoms with Crippen molar-refractivity contribution < 1.29 is 31.2 Å². The highest BCUT2D eigenvalue weighted by Gasteiger charge is 2.27. The van der Waals surface area contributed by atoms with Gasteiger partial charge in [0, 0.05) is 17.7 Å². The molecule has 2 amide bonds. The molecule has 7 nitrogen and oxygen atoms in total. The number of halogens is 4. The monoisotopic (exact) mass is 493 g/mol. The van der Waals surface area contributed by atoms with Gasteiger partial charge in [0.25, 0.3) is 5.91 Å². The maximum absolute atomic E-state index is 12.1. The Balaban J connectivity index is 2.84. The fourth-order valence-corrected chi connectivity index (χ4v) is 3.08. The molecule has 0 saturated carbocycles. The van der Waals surface area contributed by atoms with Crippen molar-refractivity contribution in [1.29, 1.82) is 0 Å².